The molecule has 22 heavy (non-hydrogen) atoms. The molecule has 2 aromatic heterocycles. The van der Waals surface area contributed by atoms with Gasteiger partial charge in [0.25, 0.3) is 0 Å². The molecule has 0 atom stereocenters. The second kappa shape index (κ2) is 8.70. The van der Waals surface area contributed by atoms with Crippen molar-refractivity contribution in [3.05, 3.63) is 27.7 Å². The van der Waals surface area contributed by atoms with Crippen molar-refractivity contribution in [2.45, 2.75) is 51.9 Å². The van der Waals surface area contributed by atoms with E-state index in [1.807, 2.05) is 11.3 Å². The maximum absolute atomic E-state index is 4.37. The van der Waals surface area contributed by atoms with Crippen molar-refractivity contribution in [1.29, 1.82) is 0 Å². The molecule has 0 radical (unpaired) electrons. The van der Waals surface area contributed by atoms with Gasteiger partial charge in [-0.25, -0.2) is 0 Å². The van der Waals surface area contributed by atoms with Crippen molar-refractivity contribution < 1.29 is 0 Å². The van der Waals surface area contributed by atoms with Gasteiger partial charge in [0, 0.05) is 29.3 Å². The lowest BCUT2D eigenvalue weighted by molar-refractivity contribution is 0.476. The molecule has 0 bridgehead atoms. The Labute approximate surface area is 141 Å². The number of thiophene rings is 1. The van der Waals surface area contributed by atoms with E-state index in [-0.39, 0.29) is 0 Å². The summed E-state index contributed by atoms with van der Waals surface area (Å²) in [5.74, 6) is 1.73. The van der Waals surface area contributed by atoms with Gasteiger partial charge in [-0.2, -0.15) is 0 Å². The molecule has 122 valence electrons. The highest BCUT2D eigenvalue weighted by Gasteiger charge is 2.12. The third-order valence-corrected chi connectivity index (χ3v) is 5.04. The summed E-state index contributed by atoms with van der Waals surface area (Å²) in [6.07, 6.45) is 4.14. The Morgan fingerprint density at radius 1 is 1.32 bits per heavy atom. The van der Waals surface area contributed by atoms with Gasteiger partial charge in [-0.15, -0.1) is 21.5 Å². The van der Waals surface area contributed by atoms with Crippen LogP contribution in [0.2, 0.25) is 0 Å². The largest absolute Gasteiger partial charge is 0.312 e. The smallest absolute Gasteiger partial charge is 0.190 e. The van der Waals surface area contributed by atoms with Crippen molar-refractivity contribution in [2.24, 2.45) is 5.92 Å². The SMILES string of the molecule is CSc1nnc(CCCNCc2ccc(C)s2)n1CC(C)C. The molecule has 0 saturated heterocycles. The van der Waals surface area contributed by atoms with Crippen molar-refractivity contribution in [1.82, 2.24) is 20.1 Å². The predicted molar refractivity (Wildman–Crippen MR) is 95.7 cm³/mol. The third kappa shape index (κ3) is 5.11. The minimum Gasteiger partial charge on any atom is -0.312 e. The van der Waals surface area contributed by atoms with Gasteiger partial charge in [0.1, 0.15) is 5.82 Å². The zero-order valence-electron chi connectivity index (χ0n) is 13.9. The molecule has 0 aliphatic heterocycles. The monoisotopic (exact) mass is 338 g/mol. The van der Waals surface area contributed by atoms with Crippen LogP contribution in [0.3, 0.4) is 0 Å². The number of hydrogen-bond donors (Lipinski definition) is 1. The van der Waals surface area contributed by atoms with Crippen LogP contribution in [0.25, 0.3) is 0 Å². The number of nitrogens with zero attached hydrogens (tertiary/aromatic N) is 3. The average Bonchev–Trinajstić information content (AvgIpc) is 3.05. The number of rotatable bonds is 9. The molecular formula is C16H26N4S2. The van der Waals surface area contributed by atoms with E-state index in [4.69, 9.17) is 0 Å². The lowest BCUT2D eigenvalue weighted by Crippen LogP contribution is -2.16. The lowest BCUT2D eigenvalue weighted by atomic mass is 10.2. The maximum Gasteiger partial charge on any atom is 0.190 e. The Morgan fingerprint density at radius 3 is 2.77 bits per heavy atom. The number of aryl methyl sites for hydroxylation is 2. The Bertz CT molecular complexity index is 574. The molecule has 0 saturated carbocycles. The number of thioether (sulfide) groups is 1. The third-order valence-electron chi connectivity index (χ3n) is 3.37. The zero-order chi connectivity index (χ0) is 15.9. The first kappa shape index (κ1) is 17.5. The van der Waals surface area contributed by atoms with Crippen molar-refractivity contribution in [3.63, 3.8) is 0 Å². The minimum atomic E-state index is 0.612. The van der Waals surface area contributed by atoms with Crippen molar-refractivity contribution in [2.75, 3.05) is 12.8 Å². The summed E-state index contributed by atoms with van der Waals surface area (Å²) in [5, 5.41) is 13.2. The zero-order valence-corrected chi connectivity index (χ0v) is 15.6. The second-order valence-corrected chi connectivity index (χ2v) is 8.05. The highest BCUT2D eigenvalue weighted by Crippen LogP contribution is 2.17. The second-order valence-electron chi connectivity index (χ2n) is 5.90. The first-order valence-electron chi connectivity index (χ1n) is 7.82. The Morgan fingerprint density at radius 2 is 2.14 bits per heavy atom. The van der Waals surface area contributed by atoms with Gasteiger partial charge in [0.2, 0.25) is 0 Å². The highest BCUT2D eigenvalue weighted by molar-refractivity contribution is 7.98. The molecule has 0 spiro atoms. The molecule has 0 unspecified atom stereocenters. The fourth-order valence-corrected chi connectivity index (χ4v) is 3.75. The fourth-order valence-electron chi connectivity index (χ4n) is 2.37. The normalized spacial score (nSPS) is 11.5. The summed E-state index contributed by atoms with van der Waals surface area (Å²) < 4.78 is 2.28. The maximum atomic E-state index is 4.37. The van der Waals surface area contributed by atoms with E-state index >= 15 is 0 Å². The topological polar surface area (TPSA) is 42.7 Å². The Hall–Kier alpha value is -0.850. The first-order chi connectivity index (χ1) is 10.6. The van der Waals surface area contributed by atoms with E-state index in [0.29, 0.717) is 5.92 Å². The van der Waals surface area contributed by atoms with E-state index < -0.39 is 0 Å². The summed E-state index contributed by atoms with van der Waals surface area (Å²) in [6.45, 7) is 9.60. The van der Waals surface area contributed by atoms with Gasteiger partial charge in [0.15, 0.2) is 5.16 Å². The molecule has 0 aliphatic carbocycles. The summed E-state index contributed by atoms with van der Waals surface area (Å²) >= 11 is 3.54. The average molecular weight is 339 g/mol. The number of aromatic nitrogens is 3. The van der Waals surface area contributed by atoms with Gasteiger partial charge in [-0.1, -0.05) is 25.6 Å². The number of hydrogen-bond acceptors (Lipinski definition) is 5. The molecule has 0 amide bonds. The summed E-state index contributed by atoms with van der Waals surface area (Å²) in [4.78, 5) is 2.79. The van der Waals surface area contributed by atoms with Crippen LogP contribution < -0.4 is 5.32 Å². The minimum absolute atomic E-state index is 0.612. The molecule has 6 heteroatoms. The van der Waals surface area contributed by atoms with Crippen LogP contribution in [0.4, 0.5) is 0 Å². The van der Waals surface area contributed by atoms with Crippen LogP contribution in [-0.4, -0.2) is 27.6 Å². The predicted octanol–water partition coefficient (Wildman–Crippen LogP) is 3.75. The molecule has 4 nitrogen and oxygen atoms in total. The summed E-state index contributed by atoms with van der Waals surface area (Å²) in [6, 6.07) is 4.39. The van der Waals surface area contributed by atoms with Crippen LogP contribution >= 0.6 is 23.1 Å². The molecule has 0 aromatic carbocycles. The van der Waals surface area contributed by atoms with Gasteiger partial charge in [-0.05, 0) is 44.2 Å². The molecule has 2 aromatic rings. The van der Waals surface area contributed by atoms with Gasteiger partial charge in [-0.3, -0.25) is 0 Å². The molecule has 1 N–H and O–H groups in total. The van der Waals surface area contributed by atoms with E-state index in [9.17, 15) is 0 Å². The van der Waals surface area contributed by atoms with Crippen LogP contribution in [0.5, 0.6) is 0 Å². The lowest BCUT2D eigenvalue weighted by Gasteiger charge is -2.11. The molecule has 0 fully saturated rings. The fraction of sp³-hybridized carbons (Fsp3) is 0.625. The molecular weight excluding hydrogens is 312 g/mol. The van der Waals surface area contributed by atoms with Crippen LogP contribution in [0.1, 0.15) is 35.8 Å². The number of nitrogens with one attached hydrogen (secondary N) is 1. The highest BCUT2D eigenvalue weighted by atomic mass is 32.2. The Balaban J connectivity index is 1.77. The van der Waals surface area contributed by atoms with E-state index in [2.05, 4.69) is 59.2 Å². The van der Waals surface area contributed by atoms with E-state index in [0.717, 1.165) is 43.5 Å². The van der Waals surface area contributed by atoms with Gasteiger partial charge in [0.05, 0.1) is 0 Å². The van der Waals surface area contributed by atoms with Crippen LogP contribution in [-0.2, 0) is 19.5 Å². The summed E-state index contributed by atoms with van der Waals surface area (Å²) in [5.41, 5.74) is 0. The van der Waals surface area contributed by atoms with Gasteiger partial charge >= 0.3 is 0 Å². The quantitative estimate of drug-likeness (QED) is 0.558. The van der Waals surface area contributed by atoms with Crippen molar-refractivity contribution >= 4 is 23.1 Å². The van der Waals surface area contributed by atoms with E-state index in [1.165, 1.54) is 9.75 Å². The Kier molecular flexibility index (Phi) is 6.92. The van der Waals surface area contributed by atoms with Crippen LogP contribution in [0, 0.1) is 12.8 Å². The van der Waals surface area contributed by atoms with Gasteiger partial charge < -0.3 is 9.88 Å². The molecule has 2 heterocycles. The van der Waals surface area contributed by atoms with E-state index in [1.54, 1.807) is 11.8 Å². The molecule has 0 aliphatic rings. The first-order valence-corrected chi connectivity index (χ1v) is 9.86. The summed E-state index contributed by atoms with van der Waals surface area (Å²) in [7, 11) is 0. The van der Waals surface area contributed by atoms with Crippen molar-refractivity contribution in [3.8, 4) is 0 Å². The molecule has 2 rings (SSSR count). The standard InChI is InChI=1S/C16H26N4S2/c1-12(2)11-20-15(18-19-16(20)21-4)6-5-9-17-10-14-8-7-13(3)22-14/h7-8,12,17H,5-6,9-11H2,1-4H3. The van der Waals surface area contributed by atoms with Crippen LogP contribution in [0.15, 0.2) is 17.3 Å².